The van der Waals surface area contributed by atoms with E-state index in [1.54, 1.807) is 11.5 Å². The number of carbonyl (C=O) groups is 2. The molecule has 0 spiro atoms. The Morgan fingerprint density at radius 1 is 1.40 bits per heavy atom. The first kappa shape index (κ1) is 19.5. The average Bonchev–Trinajstić information content (AvgIpc) is 3.24. The molecule has 7 nitrogen and oxygen atoms in total. The number of nitrogens with one attached hydrogen (secondary N) is 1. The van der Waals surface area contributed by atoms with Crippen LogP contribution in [0.2, 0.25) is 0 Å². The van der Waals surface area contributed by atoms with E-state index in [4.69, 9.17) is 0 Å². The Morgan fingerprint density at radius 2 is 2.20 bits per heavy atom. The maximum absolute atomic E-state index is 11.9. The minimum absolute atomic E-state index is 0.0868. The van der Waals surface area contributed by atoms with Crippen LogP contribution in [0, 0.1) is 0 Å². The molecule has 136 valence electrons. The summed E-state index contributed by atoms with van der Waals surface area (Å²) in [5.74, 6) is -0.364. The summed E-state index contributed by atoms with van der Waals surface area (Å²) in [6.07, 6.45) is 3.15. The highest BCUT2D eigenvalue weighted by Gasteiger charge is 2.24. The predicted octanol–water partition coefficient (Wildman–Crippen LogP) is 3.05. The number of nitrogens with zero attached hydrogens (tertiary/aromatic N) is 3. The lowest BCUT2D eigenvalue weighted by atomic mass is 10.2. The molecule has 0 aliphatic heterocycles. The van der Waals surface area contributed by atoms with Crippen molar-refractivity contribution in [3.8, 4) is 10.7 Å². The van der Waals surface area contributed by atoms with Crippen LogP contribution in [0.3, 0.4) is 0 Å². The quantitative estimate of drug-likeness (QED) is 0.484. The average molecular weight is 383 g/mol. The van der Waals surface area contributed by atoms with Crippen molar-refractivity contribution in [2.75, 3.05) is 12.3 Å². The lowest BCUT2D eigenvalue weighted by Gasteiger charge is -2.13. The number of hydrogen-bond donors (Lipinski definition) is 2. The van der Waals surface area contributed by atoms with E-state index in [-0.39, 0.29) is 11.7 Å². The molecule has 2 N–H and O–H groups in total. The highest BCUT2D eigenvalue weighted by molar-refractivity contribution is 7.99. The summed E-state index contributed by atoms with van der Waals surface area (Å²) < 4.78 is 1.57. The van der Waals surface area contributed by atoms with E-state index in [0.717, 1.165) is 24.1 Å². The zero-order chi connectivity index (χ0) is 18.2. The first-order valence-corrected chi connectivity index (χ1v) is 10.0. The van der Waals surface area contributed by atoms with Crippen LogP contribution in [0.15, 0.2) is 22.7 Å². The van der Waals surface area contributed by atoms with Gasteiger partial charge in [-0.3, -0.25) is 9.36 Å². The molecular weight excluding hydrogens is 360 g/mol. The van der Waals surface area contributed by atoms with Crippen molar-refractivity contribution in [3.05, 3.63) is 17.5 Å². The molecule has 2 aromatic rings. The summed E-state index contributed by atoms with van der Waals surface area (Å²) >= 11 is 2.67. The van der Waals surface area contributed by atoms with Gasteiger partial charge in [0.1, 0.15) is 6.04 Å². The van der Waals surface area contributed by atoms with Crippen molar-refractivity contribution in [1.29, 1.82) is 0 Å². The summed E-state index contributed by atoms with van der Waals surface area (Å²) in [7, 11) is 0. The van der Waals surface area contributed by atoms with E-state index in [2.05, 4.69) is 22.4 Å². The summed E-state index contributed by atoms with van der Waals surface area (Å²) in [4.78, 5) is 24.2. The number of rotatable bonds is 10. The molecule has 0 fully saturated rings. The molecule has 0 saturated heterocycles. The van der Waals surface area contributed by atoms with Gasteiger partial charge < -0.3 is 10.4 Å². The molecule has 0 radical (unpaired) electrons. The van der Waals surface area contributed by atoms with Gasteiger partial charge >= 0.3 is 5.97 Å². The summed E-state index contributed by atoms with van der Waals surface area (Å²) in [5, 5.41) is 22.8. The van der Waals surface area contributed by atoms with Gasteiger partial charge in [-0.2, -0.15) is 0 Å². The number of thiophene rings is 1. The fourth-order valence-corrected chi connectivity index (χ4v) is 3.74. The minimum atomic E-state index is -0.969. The molecule has 1 atom stereocenters. The Balaban J connectivity index is 2.07. The standard InChI is InChI=1S/C16H22N4O3S2/c1-3-4-5-8-17-13(21)10-25-16-19-18-14(12-7-6-9-24-12)20(16)11(2)15(22)23/h6-7,9,11H,3-5,8,10H2,1-2H3,(H,17,21)(H,22,23). The maximum Gasteiger partial charge on any atom is 0.326 e. The van der Waals surface area contributed by atoms with Crippen molar-refractivity contribution in [2.45, 2.75) is 44.3 Å². The van der Waals surface area contributed by atoms with E-state index in [1.165, 1.54) is 23.1 Å². The normalized spacial score (nSPS) is 12.1. The van der Waals surface area contributed by atoms with Gasteiger partial charge in [0.05, 0.1) is 10.6 Å². The molecule has 1 unspecified atom stereocenters. The third kappa shape index (κ3) is 5.30. The van der Waals surface area contributed by atoms with E-state index in [1.807, 2.05) is 17.5 Å². The van der Waals surface area contributed by atoms with Gasteiger partial charge in [0.15, 0.2) is 11.0 Å². The molecule has 0 aliphatic carbocycles. The first-order chi connectivity index (χ1) is 12.0. The van der Waals surface area contributed by atoms with Crippen LogP contribution in [0.4, 0.5) is 0 Å². The maximum atomic E-state index is 11.9. The van der Waals surface area contributed by atoms with Crippen LogP contribution >= 0.6 is 23.1 Å². The van der Waals surface area contributed by atoms with Gasteiger partial charge in [-0.25, -0.2) is 4.79 Å². The Kier molecular flexibility index (Phi) is 7.45. The number of carbonyl (C=O) groups excluding carboxylic acids is 1. The van der Waals surface area contributed by atoms with Crippen LogP contribution in [-0.4, -0.2) is 44.0 Å². The molecule has 0 bridgehead atoms. The third-order valence-corrected chi connectivity index (χ3v) is 5.39. The lowest BCUT2D eigenvalue weighted by Crippen LogP contribution is -2.26. The molecule has 9 heteroatoms. The molecule has 0 aliphatic rings. The number of aliphatic carboxylic acids is 1. The van der Waals surface area contributed by atoms with Crippen LogP contribution in [0.1, 0.15) is 39.2 Å². The Labute approximate surface area is 154 Å². The number of carboxylic acids is 1. The van der Waals surface area contributed by atoms with Crippen LogP contribution < -0.4 is 5.32 Å². The van der Waals surface area contributed by atoms with Gasteiger partial charge in [0, 0.05) is 6.54 Å². The Hall–Kier alpha value is -1.87. The van der Waals surface area contributed by atoms with Gasteiger partial charge in [-0.15, -0.1) is 21.5 Å². The van der Waals surface area contributed by atoms with Gasteiger partial charge in [-0.05, 0) is 24.8 Å². The Bertz CT molecular complexity index is 700. The van der Waals surface area contributed by atoms with E-state index < -0.39 is 12.0 Å². The molecule has 2 heterocycles. The van der Waals surface area contributed by atoms with Crippen LogP contribution in [0.5, 0.6) is 0 Å². The van der Waals surface area contributed by atoms with Gasteiger partial charge in [0.2, 0.25) is 5.91 Å². The van der Waals surface area contributed by atoms with E-state index in [9.17, 15) is 14.7 Å². The number of carboxylic acid groups (broad SMARTS) is 1. The molecule has 2 rings (SSSR count). The van der Waals surface area contributed by atoms with Gasteiger partial charge in [0.25, 0.3) is 0 Å². The van der Waals surface area contributed by atoms with Gasteiger partial charge in [-0.1, -0.05) is 37.6 Å². The second-order valence-electron chi connectivity index (χ2n) is 5.51. The van der Waals surface area contributed by atoms with E-state index in [0.29, 0.717) is 17.5 Å². The fraction of sp³-hybridized carbons (Fsp3) is 0.500. The van der Waals surface area contributed by atoms with Crippen molar-refractivity contribution in [1.82, 2.24) is 20.1 Å². The monoisotopic (exact) mass is 382 g/mol. The largest absolute Gasteiger partial charge is 0.480 e. The number of thioether (sulfide) groups is 1. The zero-order valence-electron chi connectivity index (χ0n) is 14.3. The van der Waals surface area contributed by atoms with E-state index >= 15 is 0 Å². The zero-order valence-corrected chi connectivity index (χ0v) is 15.9. The summed E-state index contributed by atoms with van der Waals surface area (Å²) in [6, 6.07) is 2.93. The van der Waals surface area contributed by atoms with Crippen LogP contribution in [-0.2, 0) is 9.59 Å². The molecular formula is C16H22N4O3S2. The second kappa shape index (κ2) is 9.57. The number of hydrogen-bond acceptors (Lipinski definition) is 6. The molecule has 0 aromatic carbocycles. The number of unbranched alkanes of at least 4 members (excludes halogenated alkanes) is 2. The van der Waals surface area contributed by atoms with Crippen molar-refractivity contribution in [3.63, 3.8) is 0 Å². The highest BCUT2D eigenvalue weighted by atomic mass is 32.2. The summed E-state index contributed by atoms with van der Waals surface area (Å²) in [5.41, 5.74) is 0. The molecule has 2 aromatic heterocycles. The highest BCUT2D eigenvalue weighted by Crippen LogP contribution is 2.30. The smallest absolute Gasteiger partial charge is 0.326 e. The molecule has 0 saturated carbocycles. The minimum Gasteiger partial charge on any atom is -0.480 e. The lowest BCUT2D eigenvalue weighted by molar-refractivity contribution is -0.140. The van der Waals surface area contributed by atoms with Crippen molar-refractivity contribution in [2.24, 2.45) is 0 Å². The number of amides is 1. The number of aromatic nitrogens is 3. The fourth-order valence-electron chi connectivity index (χ4n) is 2.19. The second-order valence-corrected chi connectivity index (χ2v) is 7.40. The van der Waals surface area contributed by atoms with Crippen molar-refractivity contribution < 1.29 is 14.7 Å². The predicted molar refractivity (Wildman–Crippen MR) is 98.9 cm³/mol. The molecule has 1 amide bonds. The topological polar surface area (TPSA) is 97.1 Å². The first-order valence-electron chi connectivity index (χ1n) is 8.15. The van der Waals surface area contributed by atoms with Crippen LogP contribution in [0.25, 0.3) is 10.7 Å². The SMILES string of the molecule is CCCCCNC(=O)CSc1nnc(-c2cccs2)n1C(C)C(=O)O. The third-order valence-electron chi connectivity index (χ3n) is 3.59. The molecule has 25 heavy (non-hydrogen) atoms. The Morgan fingerprint density at radius 3 is 2.84 bits per heavy atom. The van der Waals surface area contributed by atoms with Crippen molar-refractivity contribution >= 4 is 35.0 Å². The summed E-state index contributed by atoms with van der Waals surface area (Å²) in [6.45, 7) is 4.35.